The van der Waals surface area contributed by atoms with Crippen molar-refractivity contribution in [2.75, 3.05) is 6.54 Å². The molecule has 0 aliphatic heterocycles. The van der Waals surface area contributed by atoms with Gasteiger partial charge in [-0.2, -0.15) is 0 Å². The van der Waals surface area contributed by atoms with Crippen LogP contribution in [-0.4, -0.2) is 28.1 Å². The van der Waals surface area contributed by atoms with Crippen LogP contribution in [0.3, 0.4) is 0 Å². The molecule has 0 saturated carbocycles. The molecule has 1 heterocycles. The highest BCUT2D eigenvalue weighted by molar-refractivity contribution is 5.92. The molecule has 4 heteroatoms. The van der Waals surface area contributed by atoms with Gasteiger partial charge in [0.1, 0.15) is 5.69 Å². The predicted molar refractivity (Wildman–Crippen MR) is 57.5 cm³/mol. The van der Waals surface area contributed by atoms with Gasteiger partial charge in [0.05, 0.1) is 5.60 Å². The number of carbonyl (C=O) groups excluding carboxylic acids is 1. The molecule has 1 amide bonds. The first kappa shape index (κ1) is 11.7. The number of aliphatic hydroxyl groups is 1. The number of hydrogen-bond donors (Lipinski definition) is 2. The van der Waals surface area contributed by atoms with Gasteiger partial charge in [-0.3, -0.25) is 9.78 Å². The molecule has 2 N–H and O–H groups in total. The van der Waals surface area contributed by atoms with Crippen molar-refractivity contribution in [3.05, 3.63) is 30.1 Å². The van der Waals surface area contributed by atoms with Gasteiger partial charge in [-0.05, 0) is 32.4 Å². The van der Waals surface area contributed by atoms with Crippen LogP contribution in [0.5, 0.6) is 0 Å². The Balaban J connectivity index is 2.38. The lowest BCUT2D eigenvalue weighted by Crippen LogP contribution is -2.31. The van der Waals surface area contributed by atoms with Crippen molar-refractivity contribution in [2.24, 2.45) is 0 Å². The first-order chi connectivity index (χ1) is 6.99. The minimum absolute atomic E-state index is 0.208. The molecule has 15 heavy (non-hydrogen) atoms. The summed E-state index contributed by atoms with van der Waals surface area (Å²) >= 11 is 0. The Bertz CT molecular complexity index is 317. The summed E-state index contributed by atoms with van der Waals surface area (Å²) in [5, 5.41) is 12.1. The highest BCUT2D eigenvalue weighted by Crippen LogP contribution is 2.05. The molecule has 82 valence electrons. The lowest BCUT2D eigenvalue weighted by Gasteiger charge is -2.16. The van der Waals surface area contributed by atoms with E-state index in [4.69, 9.17) is 0 Å². The molecule has 0 fully saturated rings. The Hall–Kier alpha value is -1.42. The van der Waals surface area contributed by atoms with Crippen molar-refractivity contribution in [3.8, 4) is 0 Å². The van der Waals surface area contributed by atoms with E-state index in [2.05, 4.69) is 10.3 Å². The predicted octanol–water partition coefficient (Wildman–Crippen LogP) is 0.972. The fourth-order valence-corrected chi connectivity index (χ4v) is 1.07. The topological polar surface area (TPSA) is 62.2 Å². The number of nitrogens with zero attached hydrogens (tertiary/aromatic N) is 1. The van der Waals surface area contributed by atoms with Crippen LogP contribution in [0.15, 0.2) is 24.4 Å². The van der Waals surface area contributed by atoms with E-state index in [1.807, 2.05) is 0 Å². The summed E-state index contributed by atoms with van der Waals surface area (Å²) in [5.74, 6) is -0.208. The first-order valence-electron chi connectivity index (χ1n) is 4.91. The Morgan fingerprint density at radius 3 is 2.80 bits per heavy atom. The Labute approximate surface area is 89.3 Å². The van der Waals surface area contributed by atoms with Gasteiger partial charge in [-0.25, -0.2) is 0 Å². The van der Waals surface area contributed by atoms with Crippen molar-refractivity contribution >= 4 is 5.91 Å². The third-order valence-corrected chi connectivity index (χ3v) is 1.92. The van der Waals surface area contributed by atoms with Gasteiger partial charge in [0.25, 0.3) is 5.91 Å². The summed E-state index contributed by atoms with van der Waals surface area (Å²) < 4.78 is 0. The summed E-state index contributed by atoms with van der Waals surface area (Å²) in [4.78, 5) is 15.4. The molecule has 1 rings (SSSR count). The number of pyridine rings is 1. The molecule has 4 nitrogen and oxygen atoms in total. The van der Waals surface area contributed by atoms with Gasteiger partial charge >= 0.3 is 0 Å². The van der Waals surface area contributed by atoms with Crippen molar-refractivity contribution in [3.63, 3.8) is 0 Å². The van der Waals surface area contributed by atoms with E-state index in [0.717, 1.165) is 0 Å². The Morgan fingerprint density at radius 1 is 1.53 bits per heavy atom. The lowest BCUT2D eigenvalue weighted by atomic mass is 10.1. The molecule has 0 unspecified atom stereocenters. The maximum atomic E-state index is 11.5. The fraction of sp³-hybridized carbons (Fsp3) is 0.455. The van der Waals surface area contributed by atoms with E-state index < -0.39 is 5.60 Å². The van der Waals surface area contributed by atoms with Gasteiger partial charge in [0.15, 0.2) is 0 Å². The van der Waals surface area contributed by atoms with Crippen LogP contribution in [0.2, 0.25) is 0 Å². The van der Waals surface area contributed by atoms with Crippen molar-refractivity contribution in [1.29, 1.82) is 0 Å². The minimum atomic E-state index is -0.753. The van der Waals surface area contributed by atoms with Crippen LogP contribution in [0.1, 0.15) is 30.8 Å². The number of nitrogens with one attached hydrogen (secondary N) is 1. The average molecular weight is 208 g/mol. The van der Waals surface area contributed by atoms with Crippen LogP contribution in [0, 0.1) is 0 Å². The van der Waals surface area contributed by atoms with Crippen LogP contribution in [0.25, 0.3) is 0 Å². The largest absolute Gasteiger partial charge is 0.390 e. The zero-order valence-corrected chi connectivity index (χ0v) is 9.03. The standard InChI is InChI=1S/C11H16N2O2/c1-11(2,15)6-8-13-10(14)9-5-3-4-7-12-9/h3-5,7,15H,6,8H2,1-2H3,(H,13,14). The summed E-state index contributed by atoms with van der Waals surface area (Å²) in [7, 11) is 0. The number of rotatable bonds is 4. The number of carbonyl (C=O) groups is 1. The van der Waals surface area contributed by atoms with E-state index in [0.29, 0.717) is 18.7 Å². The summed E-state index contributed by atoms with van der Waals surface area (Å²) in [6.07, 6.45) is 2.09. The normalized spacial score (nSPS) is 11.1. The average Bonchev–Trinajstić information content (AvgIpc) is 2.17. The Kier molecular flexibility index (Phi) is 3.80. The summed E-state index contributed by atoms with van der Waals surface area (Å²) in [6, 6.07) is 5.17. The van der Waals surface area contributed by atoms with Gasteiger partial charge in [0, 0.05) is 12.7 Å². The van der Waals surface area contributed by atoms with Crippen molar-refractivity contribution in [2.45, 2.75) is 25.9 Å². The lowest BCUT2D eigenvalue weighted by molar-refractivity contribution is 0.0692. The molecule has 1 aromatic rings. The second-order valence-corrected chi connectivity index (χ2v) is 4.03. The van der Waals surface area contributed by atoms with Gasteiger partial charge in [0.2, 0.25) is 0 Å². The quantitative estimate of drug-likeness (QED) is 0.775. The number of hydrogen-bond acceptors (Lipinski definition) is 3. The van der Waals surface area contributed by atoms with E-state index in [1.54, 1.807) is 38.2 Å². The van der Waals surface area contributed by atoms with Gasteiger partial charge in [-0.15, -0.1) is 0 Å². The van der Waals surface area contributed by atoms with Gasteiger partial charge < -0.3 is 10.4 Å². The van der Waals surface area contributed by atoms with E-state index in [-0.39, 0.29) is 5.91 Å². The van der Waals surface area contributed by atoms with Crippen molar-refractivity contribution in [1.82, 2.24) is 10.3 Å². The van der Waals surface area contributed by atoms with E-state index >= 15 is 0 Å². The molecular weight excluding hydrogens is 192 g/mol. The maximum absolute atomic E-state index is 11.5. The van der Waals surface area contributed by atoms with Crippen LogP contribution >= 0.6 is 0 Å². The smallest absolute Gasteiger partial charge is 0.269 e. The summed E-state index contributed by atoms with van der Waals surface area (Å²) in [5.41, 5.74) is -0.356. The molecule has 0 aliphatic carbocycles. The van der Waals surface area contributed by atoms with Crippen LogP contribution < -0.4 is 5.32 Å². The molecule has 0 aromatic carbocycles. The maximum Gasteiger partial charge on any atom is 0.269 e. The van der Waals surface area contributed by atoms with Crippen LogP contribution in [-0.2, 0) is 0 Å². The molecule has 0 saturated heterocycles. The van der Waals surface area contributed by atoms with Crippen molar-refractivity contribution < 1.29 is 9.90 Å². The van der Waals surface area contributed by atoms with Gasteiger partial charge in [-0.1, -0.05) is 6.07 Å². The minimum Gasteiger partial charge on any atom is -0.390 e. The zero-order chi connectivity index (χ0) is 11.3. The second-order valence-electron chi connectivity index (χ2n) is 4.03. The number of aromatic nitrogens is 1. The van der Waals surface area contributed by atoms with E-state index in [9.17, 15) is 9.90 Å². The molecule has 0 bridgehead atoms. The highest BCUT2D eigenvalue weighted by atomic mass is 16.3. The second kappa shape index (κ2) is 4.89. The Morgan fingerprint density at radius 2 is 2.27 bits per heavy atom. The third-order valence-electron chi connectivity index (χ3n) is 1.92. The third kappa shape index (κ3) is 4.56. The molecule has 0 atom stereocenters. The van der Waals surface area contributed by atoms with Crippen LogP contribution in [0.4, 0.5) is 0 Å². The zero-order valence-electron chi connectivity index (χ0n) is 9.03. The SMILES string of the molecule is CC(C)(O)CCNC(=O)c1ccccn1. The summed E-state index contributed by atoms with van der Waals surface area (Å²) in [6.45, 7) is 3.86. The number of amides is 1. The fourth-order valence-electron chi connectivity index (χ4n) is 1.07. The highest BCUT2D eigenvalue weighted by Gasteiger charge is 2.13. The monoisotopic (exact) mass is 208 g/mol. The molecule has 1 aromatic heterocycles. The van der Waals surface area contributed by atoms with E-state index in [1.165, 1.54) is 0 Å². The first-order valence-corrected chi connectivity index (χ1v) is 4.91. The molecule has 0 aliphatic rings. The molecule has 0 radical (unpaired) electrons. The molecular formula is C11H16N2O2. The molecule has 0 spiro atoms.